The second-order valence-corrected chi connectivity index (χ2v) is 10.5. The summed E-state index contributed by atoms with van der Waals surface area (Å²) in [4.78, 5) is 42.6. The summed E-state index contributed by atoms with van der Waals surface area (Å²) in [5, 5.41) is 10.5. The van der Waals surface area contributed by atoms with Crippen molar-refractivity contribution in [1.82, 2.24) is 19.6 Å². The summed E-state index contributed by atoms with van der Waals surface area (Å²) in [6.45, 7) is 3.78. The van der Waals surface area contributed by atoms with Crippen molar-refractivity contribution in [2.24, 2.45) is 13.0 Å². The summed E-state index contributed by atoms with van der Waals surface area (Å²) in [5.74, 6) is -0.321. The zero-order chi connectivity index (χ0) is 26.8. The first-order valence-corrected chi connectivity index (χ1v) is 13.2. The zero-order valence-corrected chi connectivity index (χ0v) is 22.4. The molecule has 1 aromatic heterocycles. The lowest BCUT2D eigenvalue weighted by atomic mass is 10.1. The van der Waals surface area contributed by atoms with E-state index in [0.29, 0.717) is 33.7 Å². The molecule has 0 unspecified atom stereocenters. The Hall–Kier alpha value is -3.40. The Labute approximate surface area is 230 Å². The van der Waals surface area contributed by atoms with Crippen LogP contribution in [0.4, 0.5) is 11.4 Å². The van der Waals surface area contributed by atoms with E-state index in [1.54, 1.807) is 31.4 Å². The minimum Gasteiger partial charge on any atom is -0.340 e. The molecule has 0 radical (unpaired) electrons. The van der Waals surface area contributed by atoms with E-state index < -0.39 is 5.91 Å². The summed E-state index contributed by atoms with van der Waals surface area (Å²) in [5.41, 5.74) is 2.19. The Kier molecular flexibility index (Phi) is 7.69. The van der Waals surface area contributed by atoms with Gasteiger partial charge >= 0.3 is 0 Å². The van der Waals surface area contributed by atoms with Crippen LogP contribution in [0.2, 0.25) is 10.0 Å². The molecule has 3 aromatic rings. The first-order valence-electron chi connectivity index (χ1n) is 12.5. The molecule has 0 bridgehead atoms. The van der Waals surface area contributed by atoms with Crippen molar-refractivity contribution in [2.45, 2.75) is 19.4 Å². The standard InChI is InChI=1S/C27H28Cl2N6O3/c1-33-16-23(24(32-33)26(37)30-22-8-7-20(28)14-21(22)29)31-25(36)19-4-2-3-17(13-19)15-34-9-11-35(12-10-34)27(38)18-5-6-18/h2-4,7-8,13-14,16,18H,5-6,9-12,15H2,1H3,(H,30,37)(H,31,36). The highest BCUT2D eigenvalue weighted by atomic mass is 35.5. The molecule has 1 saturated carbocycles. The zero-order valence-electron chi connectivity index (χ0n) is 20.9. The molecule has 198 valence electrons. The minimum atomic E-state index is -0.516. The van der Waals surface area contributed by atoms with Gasteiger partial charge in [0.05, 0.1) is 16.4 Å². The summed E-state index contributed by atoms with van der Waals surface area (Å²) in [6.07, 6.45) is 3.62. The van der Waals surface area contributed by atoms with Crippen LogP contribution in [0.1, 0.15) is 39.3 Å². The third kappa shape index (κ3) is 6.18. The number of aryl methyl sites for hydroxylation is 1. The number of aromatic nitrogens is 2. The third-order valence-electron chi connectivity index (χ3n) is 6.68. The molecule has 1 aliphatic carbocycles. The number of hydrogen-bond acceptors (Lipinski definition) is 5. The molecule has 2 fully saturated rings. The van der Waals surface area contributed by atoms with Gasteiger partial charge in [-0.05, 0) is 48.7 Å². The average Bonchev–Trinajstić information content (AvgIpc) is 3.68. The predicted molar refractivity (Wildman–Crippen MR) is 147 cm³/mol. The largest absolute Gasteiger partial charge is 0.340 e. The van der Waals surface area contributed by atoms with Gasteiger partial charge in [-0.15, -0.1) is 0 Å². The van der Waals surface area contributed by atoms with Crippen LogP contribution in [0.15, 0.2) is 48.7 Å². The van der Waals surface area contributed by atoms with Crippen LogP contribution in [0.3, 0.4) is 0 Å². The van der Waals surface area contributed by atoms with E-state index >= 15 is 0 Å². The highest BCUT2D eigenvalue weighted by molar-refractivity contribution is 6.36. The van der Waals surface area contributed by atoms with Crippen LogP contribution in [-0.4, -0.2) is 63.5 Å². The first-order chi connectivity index (χ1) is 18.3. The molecule has 1 aliphatic heterocycles. The first kappa shape index (κ1) is 26.2. The summed E-state index contributed by atoms with van der Waals surface area (Å²) in [6, 6.07) is 12.1. The maximum absolute atomic E-state index is 13.1. The molecule has 0 atom stereocenters. The van der Waals surface area contributed by atoms with Gasteiger partial charge in [-0.25, -0.2) is 0 Å². The molecule has 38 heavy (non-hydrogen) atoms. The van der Waals surface area contributed by atoms with Gasteiger partial charge in [0.25, 0.3) is 11.8 Å². The lowest BCUT2D eigenvalue weighted by Gasteiger charge is -2.35. The van der Waals surface area contributed by atoms with E-state index in [-0.39, 0.29) is 23.2 Å². The van der Waals surface area contributed by atoms with E-state index in [1.165, 1.54) is 10.7 Å². The smallest absolute Gasteiger partial charge is 0.278 e. The Morgan fingerprint density at radius 2 is 1.68 bits per heavy atom. The van der Waals surface area contributed by atoms with E-state index in [4.69, 9.17) is 23.2 Å². The number of carbonyl (C=O) groups is 3. The molecule has 11 heteroatoms. The number of nitrogens with one attached hydrogen (secondary N) is 2. The average molecular weight is 555 g/mol. The number of benzene rings is 2. The topological polar surface area (TPSA) is 99.6 Å². The van der Waals surface area contributed by atoms with E-state index in [0.717, 1.165) is 44.6 Å². The van der Waals surface area contributed by atoms with Crippen LogP contribution in [-0.2, 0) is 18.4 Å². The van der Waals surface area contributed by atoms with Crippen molar-refractivity contribution in [3.8, 4) is 0 Å². The molecular formula is C27H28Cl2N6O3. The molecular weight excluding hydrogens is 527 g/mol. The Morgan fingerprint density at radius 3 is 2.39 bits per heavy atom. The molecule has 5 rings (SSSR count). The van der Waals surface area contributed by atoms with Crippen molar-refractivity contribution in [3.05, 3.63) is 75.5 Å². The SMILES string of the molecule is Cn1cc(NC(=O)c2cccc(CN3CCN(C(=O)C4CC4)CC3)c2)c(C(=O)Nc2ccc(Cl)cc2Cl)n1. The van der Waals surface area contributed by atoms with Gasteiger partial charge in [-0.2, -0.15) is 5.10 Å². The van der Waals surface area contributed by atoms with Crippen molar-refractivity contribution in [2.75, 3.05) is 36.8 Å². The van der Waals surface area contributed by atoms with Gasteiger partial charge < -0.3 is 15.5 Å². The summed E-state index contributed by atoms with van der Waals surface area (Å²) in [7, 11) is 1.67. The van der Waals surface area contributed by atoms with E-state index in [9.17, 15) is 14.4 Å². The monoisotopic (exact) mass is 554 g/mol. The summed E-state index contributed by atoms with van der Waals surface area (Å²) >= 11 is 12.1. The van der Waals surface area contributed by atoms with Gasteiger partial charge in [-0.3, -0.25) is 24.0 Å². The molecule has 9 nitrogen and oxygen atoms in total. The highest BCUT2D eigenvalue weighted by Crippen LogP contribution is 2.31. The van der Waals surface area contributed by atoms with E-state index in [1.807, 2.05) is 23.1 Å². The summed E-state index contributed by atoms with van der Waals surface area (Å²) < 4.78 is 1.46. The number of nitrogens with zero attached hydrogens (tertiary/aromatic N) is 4. The molecule has 1 saturated heterocycles. The van der Waals surface area contributed by atoms with Crippen LogP contribution >= 0.6 is 23.2 Å². The molecule has 2 N–H and O–H groups in total. The van der Waals surface area contributed by atoms with Crippen LogP contribution in [0.25, 0.3) is 0 Å². The van der Waals surface area contributed by atoms with Crippen LogP contribution < -0.4 is 10.6 Å². The highest BCUT2D eigenvalue weighted by Gasteiger charge is 2.34. The number of hydrogen-bond donors (Lipinski definition) is 2. The normalized spacial score (nSPS) is 15.8. The third-order valence-corrected chi connectivity index (χ3v) is 7.23. The predicted octanol–water partition coefficient (Wildman–Crippen LogP) is 4.29. The second kappa shape index (κ2) is 11.1. The maximum atomic E-state index is 13.1. The molecule has 2 aliphatic rings. The Bertz CT molecular complexity index is 1380. The van der Waals surface area contributed by atoms with E-state index in [2.05, 4.69) is 20.6 Å². The molecule has 2 heterocycles. The second-order valence-electron chi connectivity index (χ2n) is 9.67. The minimum absolute atomic E-state index is 0.0571. The van der Waals surface area contributed by atoms with Gasteiger partial charge in [0, 0.05) is 62.5 Å². The van der Waals surface area contributed by atoms with Crippen molar-refractivity contribution >= 4 is 52.3 Å². The fraction of sp³-hybridized carbons (Fsp3) is 0.333. The number of halogens is 2. The van der Waals surface area contributed by atoms with Crippen LogP contribution in [0, 0.1) is 5.92 Å². The van der Waals surface area contributed by atoms with Crippen molar-refractivity contribution < 1.29 is 14.4 Å². The molecule has 0 spiro atoms. The Balaban J connectivity index is 1.22. The van der Waals surface area contributed by atoms with Crippen LogP contribution in [0.5, 0.6) is 0 Å². The number of anilines is 2. The van der Waals surface area contributed by atoms with Gasteiger partial charge in [0.2, 0.25) is 5.91 Å². The Morgan fingerprint density at radius 1 is 0.947 bits per heavy atom. The molecule has 2 aromatic carbocycles. The lowest BCUT2D eigenvalue weighted by Crippen LogP contribution is -2.48. The number of piperazine rings is 1. The fourth-order valence-corrected chi connectivity index (χ4v) is 4.95. The number of carbonyl (C=O) groups excluding carboxylic acids is 3. The van der Waals surface area contributed by atoms with Crippen molar-refractivity contribution in [3.63, 3.8) is 0 Å². The quantitative estimate of drug-likeness (QED) is 0.454. The fourth-order valence-electron chi connectivity index (χ4n) is 4.50. The number of amides is 3. The van der Waals surface area contributed by atoms with Gasteiger partial charge in [0.15, 0.2) is 5.69 Å². The van der Waals surface area contributed by atoms with Crippen molar-refractivity contribution in [1.29, 1.82) is 0 Å². The number of rotatable bonds is 7. The lowest BCUT2D eigenvalue weighted by molar-refractivity contribution is -0.134. The van der Waals surface area contributed by atoms with Gasteiger partial charge in [0.1, 0.15) is 0 Å². The molecule has 3 amide bonds. The maximum Gasteiger partial charge on any atom is 0.278 e. The van der Waals surface area contributed by atoms with Gasteiger partial charge in [-0.1, -0.05) is 35.3 Å².